The van der Waals surface area contributed by atoms with Gasteiger partial charge in [0.05, 0.1) is 23.4 Å². The maximum absolute atomic E-state index is 9.90. The van der Waals surface area contributed by atoms with E-state index in [4.69, 9.17) is 5.73 Å². The fourth-order valence-corrected chi connectivity index (χ4v) is 5.15. The Kier molecular flexibility index (Phi) is 7.51. The molecule has 0 aromatic heterocycles. The van der Waals surface area contributed by atoms with Crippen molar-refractivity contribution < 1.29 is 4.79 Å². The Morgan fingerprint density at radius 1 is 1.28 bits per heavy atom. The van der Waals surface area contributed by atoms with Crippen LogP contribution in [0.5, 0.6) is 0 Å². The lowest BCUT2D eigenvalue weighted by atomic mass is 9.59. The van der Waals surface area contributed by atoms with E-state index < -0.39 is 11.3 Å². The second kappa shape index (κ2) is 9.65. The van der Waals surface area contributed by atoms with Crippen LogP contribution in [0.4, 0.5) is 0 Å². The van der Waals surface area contributed by atoms with E-state index in [0.717, 1.165) is 33.5 Å². The largest absolute Gasteiger partial charge is 0.399 e. The zero-order valence-corrected chi connectivity index (χ0v) is 18.5. The van der Waals surface area contributed by atoms with E-state index in [9.17, 15) is 20.6 Å². The van der Waals surface area contributed by atoms with E-state index in [-0.39, 0.29) is 11.6 Å². The van der Waals surface area contributed by atoms with Crippen LogP contribution in [-0.2, 0) is 4.79 Å². The number of thioether (sulfide) groups is 1. The van der Waals surface area contributed by atoms with Crippen molar-refractivity contribution in [3.63, 3.8) is 0 Å². The Labute approximate surface area is 183 Å². The van der Waals surface area contributed by atoms with Gasteiger partial charge in [0.25, 0.3) is 0 Å². The van der Waals surface area contributed by atoms with Gasteiger partial charge in [0.2, 0.25) is 6.41 Å². The van der Waals surface area contributed by atoms with Crippen LogP contribution in [0.15, 0.2) is 51.7 Å². The second-order valence-electron chi connectivity index (χ2n) is 6.80. The van der Waals surface area contributed by atoms with Crippen LogP contribution in [0.3, 0.4) is 0 Å². The minimum Gasteiger partial charge on any atom is -0.399 e. The average Bonchev–Trinajstić information content (AvgIpc) is 2.74. The molecule has 0 bridgehead atoms. The molecule has 0 spiro atoms. The van der Waals surface area contributed by atoms with Gasteiger partial charge >= 0.3 is 0 Å². The van der Waals surface area contributed by atoms with Gasteiger partial charge in [-0.2, -0.15) is 27.5 Å². The lowest BCUT2D eigenvalue weighted by molar-refractivity contribution is -0.115. The van der Waals surface area contributed by atoms with Crippen molar-refractivity contribution in [2.45, 2.75) is 5.92 Å². The molecule has 2 atom stereocenters. The van der Waals surface area contributed by atoms with Crippen LogP contribution in [-0.4, -0.2) is 36.9 Å². The molecule has 0 fully saturated rings. The number of hydrogen-bond donors (Lipinski definition) is 1. The van der Waals surface area contributed by atoms with E-state index in [2.05, 4.69) is 34.1 Å². The van der Waals surface area contributed by atoms with Crippen LogP contribution < -0.4 is 5.73 Å². The number of fused-ring (bicyclic) bond motifs is 1. The lowest BCUT2D eigenvalue weighted by Crippen LogP contribution is -2.43. The number of nitriles is 3. The van der Waals surface area contributed by atoms with E-state index in [1.54, 1.807) is 25.9 Å². The number of nitrogens with zero attached hydrogens (tertiary/aromatic N) is 4. The summed E-state index contributed by atoms with van der Waals surface area (Å²) in [5, 5.41) is 29.4. The highest BCUT2D eigenvalue weighted by atomic mass is 79.9. The van der Waals surface area contributed by atoms with Gasteiger partial charge in [-0.25, -0.2) is 0 Å². The third-order valence-corrected chi connectivity index (χ3v) is 6.60. The van der Waals surface area contributed by atoms with Crippen LogP contribution in [0, 0.1) is 45.3 Å². The van der Waals surface area contributed by atoms with Crippen LogP contribution >= 0.6 is 27.7 Å². The van der Waals surface area contributed by atoms with Gasteiger partial charge in [-0.15, -0.1) is 0 Å². The van der Waals surface area contributed by atoms with Gasteiger partial charge < -0.3 is 10.6 Å². The second-order valence-corrected chi connectivity index (χ2v) is 8.73. The zero-order valence-electron chi connectivity index (χ0n) is 16.1. The summed E-state index contributed by atoms with van der Waals surface area (Å²) in [6.45, 7) is 0. The van der Waals surface area contributed by atoms with Gasteiger partial charge in [0.1, 0.15) is 6.07 Å². The molecule has 0 unspecified atom stereocenters. The number of hydrogen-bond acceptors (Lipinski definition) is 6. The number of amides is 1. The van der Waals surface area contributed by atoms with E-state index in [0.29, 0.717) is 5.57 Å². The zero-order chi connectivity index (χ0) is 21.6. The first-order valence-electron chi connectivity index (χ1n) is 8.75. The lowest BCUT2D eigenvalue weighted by Gasteiger charge is -2.43. The Hall–Kier alpha value is -2.73. The van der Waals surface area contributed by atoms with Gasteiger partial charge in [0, 0.05) is 41.9 Å². The van der Waals surface area contributed by atoms with Crippen molar-refractivity contribution in [1.82, 2.24) is 4.90 Å². The number of halogens is 1. The third kappa shape index (κ3) is 4.17. The number of allylic oxidation sites excluding steroid dienone is 3. The molecule has 6 nitrogen and oxygen atoms in total. The van der Waals surface area contributed by atoms with E-state index >= 15 is 0 Å². The molecule has 0 saturated carbocycles. The Morgan fingerprint density at radius 3 is 2.41 bits per heavy atom. The molecule has 2 N–H and O–H groups in total. The fraction of sp³-hybridized carbons (Fsp3) is 0.333. The van der Waals surface area contributed by atoms with Crippen molar-refractivity contribution in [3.8, 4) is 18.2 Å². The predicted octanol–water partition coefficient (Wildman–Crippen LogP) is 3.31. The van der Waals surface area contributed by atoms with Gasteiger partial charge in [0.15, 0.2) is 5.41 Å². The number of benzene rings is 1. The first-order chi connectivity index (χ1) is 13.9. The van der Waals surface area contributed by atoms with Gasteiger partial charge in [-0.1, -0.05) is 40.2 Å². The molecule has 0 radical (unpaired) electrons. The van der Waals surface area contributed by atoms with Crippen molar-refractivity contribution in [2.75, 3.05) is 25.6 Å². The normalized spacial score (nSPS) is 21.7. The quantitative estimate of drug-likeness (QED) is 0.663. The fourth-order valence-electron chi connectivity index (χ4n) is 3.56. The molecular weight excluding hydrogens is 450 g/mol. The number of carbonyl (C=O) groups is 1. The van der Waals surface area contributed by atoms with Crippen molar-refractivity contribution >= 4 is 34.1 Å². The molecule has 1 heterocycles. The molecule has 1 aliphatic heterocycles. The standard InChI is InChI=1S/C18H13BrN4S.C3H7NO/c19-15-4-2-1-3-12(15)16-14-8-24-6-5-11(14)13(7-20)17(23)18(16,9-21)10-22;1-4(2)3-5/h1-5,14,16H,6,8,23H2;3H,1-2H3/t14-,16+;/m1./s1. The number of rotatable bonds is 2. The molecule has 1 aromatic carbocycles. The highest BCUT2D eigenvalue weighted by molar-refractivity contribution is 9.10. The first kappa shape index (κ1) is 22.6. The molecule has 1 aromatic rings. The summed E-state index contributed by atoms with van der Waals surface area (Å²) in [5.41, 5.74) is 6.79. The summed E-state index contributed by atoms with van der Waals surface area (Å²) in [6.07, 6.45) is 2.76. The van der Waals surface area contributed by atoms with E-state index in [1.807, 2.05) is 30.3 Å². The summed E-state index contributed by atoms with van der Waals surface area (Å²) >= 11 is 5.28. The van der Waals surface area contributed by atoms with Crippen molar-refractivity contribution in [1.29, 1.82) is 15.8 Å². The molecule has 3 rings (SSSR count). The van der Waals surface area contributed by atoms with Crippen LogP contribution in [0.2, 0.25) is 0 Å². The Morgan fingerprint density at radius 2 is 1.90 bits per heavy atom. The topological polar surface area (TPSA) is 118 Å². The summed E-state index contributed by atoms with van der Waals surface area (Å²) in [6, 6.07) is 14.0. The monoisotopic (exact) mass is 469 g/mol. The van der Waals surface area contributed by atoms with Crippen LogP contribution in [0.1, 0.15) is 11.5 Å². The third-order valence-electron chi connectivity index (χ3n) is 4.89. The smallest absolute Gasteiger partial charge is 0.209 e. The first-order valence-corrected chi connectivity index (χ1v) is 10.7. The minimum absolute atomic E-state index is 0.0742. The predicted molar refractivity (Wildman–Crippen MR) is 116 cm³/mol. The number of carbonyl (C=O) groups excluding carboxylic acids is 1. The molecule has 148 valence electrons. The highest BCUT2D eigenvalue weighted by Gasteiger charge is 2.54. The summed E-state index contributed by atoms with van der Waals surface area (Å²) in [5.74, 6) is 1.04. The number of nitrogens with two attached hydrogens (primary N) is 1. The Balaban J connectivity index is 0.000000537. The molecule has 1 amide bonds. The summed E-state index contributed by atoms with van der Waals surface area (Å²) < 4.78 is 0.841. The van der Waals surface area contributed by atoms with Crippen molar-refractivity contribution in [3.05, 3.63) is 57.2 Å². The molecule has 0 saturated heterocycles. The highest BCUT2D eigenvalue weighted by Crippen LogP contribution is 2.55. The van der Waals surface area contributed by atoms with Crippen LogP contribution in [0.25, 0.3) is 0 Å². The molecule has 8 heteroatoms. The molecular formula is C21H20BrN5OS. The maximum Gasteiger partial charge on any atom is 0.209 e. The summed E-state index contributed by atoms with van der Waals surface area (Å²) in [7, 11) is 3.38. The maximum atomic E-state index is 9.90. The van der Waals surface area contributed by atoms with Crippen molar-refractivity contribution in [2.24, 2.45) is 17.1 Å². The summed E-state index contributed by atoms with van der Waals surface area (Å²) in [4.78, 5) is 10.9. The SMILES string of the molecule is CN(C)C=O.N#CC1=C(N)C(C#N)(C#N)[C@@H](c2ccccc2Br)[C@@H]2CSCC=C12. The molecule has 1 aliphatic carbocycles. The molecule has 2 aliphatic rings. The Bertz CT molecular complexity index is 966. The van der Waals surface area contributed by atoms with Gasteiger partial charge in [-0.05, 0) is 17.2 Å². The molecule has 29 heavy (non-hydrogen) atoms. The minimum atomic E-state index is -1.55. The van der Waals surface area contributed by atoms with Gasteiger partial charge in [-0.3, -0.25) is 4.79 Å². The van der Waals surface area contributed by atoms with E-state index in [1.165, 1.54) is 4.90 Å². The average molecular weight is 470 g/mol.